The first-order valence-electron chi connectivity index (χ1n) is 6.14. The second-order valence-corrected chi connectivity index (χ2v) is 5.52. The third kappa shape index (κ3) is 2.40. The van der Waals surface area contributed by atoms with Gasteiger partial charge in [0.2, 0.25) is 0 Å². The van der Waals surface area contributed by atoms with Gasteiger partial charge in [-0.25, -0.2) is 4.57 Å². The number of fused-ring (bicyclic) bond motifs is 3. The summed E-state index contributed by atoms with van der Waals surface area (Å²) in [6.07, 6.45) is 5.72. The minimum absolute atomic E-state index is 0.0712. The summed E-state index contributed by atoms with van der Waals surface area (Å²) in [6, 6.07) is 0. The Morgan fingerprint density at radius 2 is 1.94 bits per heavy atom. The van der Waals surface area contributed by atoms with E-state index in [0.29, 0.717) is 0 Å². The molecule has 6 heteroatoms. The molecule has 0 heterocycles. The summed E-state index contributed by atoms with van der Waals surface area (Å²) in [7, 11) is 3.71. The van der Waals surface area contributed by atoms with E-state index in [9.17, 15) is 4.57 Å². The Morgan fingerprint density at radius 3 is 2.47 bits per heavy atom. The molecule has 3 saturated carbocycles. The van der Waals surface area contributed by atoms with Gasteiger partial charge in [0, 0.05) is 11.1 Å². The molecule has 98 valence electrons. The van der Waals surface area contributed by atoms with E-state index in [2.05, 4.69) is 10.6 Å². The van der Waals surface area contributed by atoms with Crippen molar-refractivity contribution in [3.8, 4) is 0 Å². The normalized spacial score (nSPS) is 40.9. The average molecular weight is 260 g/mol. The molecule has 0 saturated heterocycles. The van der Waals surface area contributed by atoms with E-state index < -0.39 is 0 Å². The van der Waals surface area contributed by atoms with E-state index in [1.165, 1.54) is 12.8 Å². The minimum atomic E-state index is -0.317. The van der Waals surface area contributed by atoms with E-state index in [0.717, 1.165) is 19.3 Å². The summed E-state index contributed by atoms with van der Waals surface area (Å²) in [6.45, 7) is 0.0962. The molecule has 3 fully saturated rings. The van der Waals surface area contributed by atoms with Crippen LogP contribution in [-0.2, 0) is 13.8 Å². The van der Waals surface area contributed by atoms with Crippen LogP contribution in [0.25, 0.3) is 0 Å². The molecule has 3 aliphatic rings. The molecule has 3 aliphatic carbocycles. The van der Waals surface area contributed by atoms with Crippen molar-refractivity contribution in [1.29, 1.82) is 0 Å². The van der Waals surface area contributed by atoms with E-state index >= 15 is 0 Å². The summed E-state index contributed by atoms with van der Waals surface area (Å²) in [4.78, 5) is 0. The molecule has 2 bridgehead atoms. The van der Waals surface area contributed by atoms with Crippen molar-refractivity contribution in [1.82, 2.24) is 10.6 Å². The van der Waals surface area contributed by atoms with Crippen LogP contribution >= 0.6 is 8.69 Å². The fraction of sp³-hybridized carbons (Fsp3) is 1.00. The fourth-order valence-electron chi connectivity index (χ4n) is 3.37. The van der Waals surface area contributed by atoms with Gasteiger partial charge in [0.05, 0.1) is 6.10 Å². The van der Waals surface area contributed by atoms with Gasteiger partial charge in [0.1, 0.15) is 0 Å². The molecule has 0 spiro atoms. The zero-order valence-electron chi connectivity index (χ0n) is 10.5. The van der Waals surface area contributed by atoms with E-state index in [4.69, 9.17) is 9.26 Å². The summed E-state index contributed by atoms with van der Waals surface area (Å²) in [5, 5.41) is 6.89. The minimum Gasteiger partial charge on any atom is -0.349 e. The number of nitrogens with one attached hydrogen (secondary N) is 2. The van der Waals surface area contributed by atoms with Gasteiger partial charge in [0.25, 0.3) is 0 Å². The van der Waals surface area contributed by atoms with Crippen molar-refractivity contribution >= 4 is 8.69 Å². The van der Waals surface area contributed by atoms with Crippen LogP contribution in [0.15, 0.2) is 0 Å². The summed E-state index contributed by atoms with van der Waals surface area (Å²) >= 11 is 0. The van der Waals surface area contributed by atoms with Crippen molar-refractivity contribution in [3.63, 3.8) is 0 Å². The lowest BCUT2D eigenvalue weighted by atomic mass is 9.60. The molecular weight excluding hydrogens is 239 g/mol. The van der Waals surface area contributed by atoms with Gasteiger partial charge < -0.3 is 15.4 Å². The molecular formula is C11H21N2O3P. The highest BCUT2D eigenvalue weighted by Gasteiger charge is 2.53. The highest BCUT2D eigenvalue weighted by molar-refractivity contribution is 7.17. The predicted octanol–water partition coefficient (Wildman–Crippen LogP) is 1.45. The lowest BCUT2D eigenvalue weighted by Gasteiger charge is -2.57. The van der Waals surface area contributed by atoms with Crippen LogP contribution in [0.5, 0.6) is 0 Å². The molecule has 0 aliphatic heterocycles. The van der Waals surface area contributed by atoms with Gasteiger partial charge in [-0.15, -0.1) is 0 Å². The molecule has 3 rings (SSSR count). The standard InChI is InChI=1S/C11H21N2O3P/c1-12-10-3-5-11(13-2,6-4-10)9(7-10)15-8-16-17-14/h9,12-13H,3-8H2,1-2H3. The van der Waals surface area contributed by atoms with Crippen molar-refractivity contribution in [2.45, 2.75) is 49.3 Å². The molecule has 0 aromatic rings. The molecule has 0 amide bonds. The van der Waals surface area contributed by atoms with Crippen LogP contribution in [0.3, 0.4) is 0 Å². The van der Waals surface area contributed by atoms with Gasteiger partial charge in [-0.2, -0.15) is 0 Å². The van der Waals surface area contributed by atoms with Crippen molar-refractivity contribution < 1.29 is 13.8 Å². The molecule has 0 aromatic heterocycles. The highest BCUT2D eigenvalue weighted by atomic mass is 31.1. The maximum Gasteiger partial charge on any atom is 0.329 e. The summed E-state index contributed by atoms with van der Waals surface area (Å²) < 4.78 is 20.7. The maximum absolute atomic E-state index is 10.2. The van der Waals surface area contributed by atoms with Crippen molar-refractivity contribution in [2.75, 3.05) is 20.9 Å². The van der Waals surface area contributed by atoms with Crippen LogP contribution in [0.1, 0.15) is 32.1 Å². The first-order valence-corrected chi connectivity index (χ1v) is 6.87. The van der Waals surface area contributed by atoms with Crippen LogP contribution < -0.4 is 10.6 Å². The van der Waals surface area contributed by atoms with E-state index in [1.54, 1.807) is 0 Å². The van der Waals surface area contributed by atoms with Crippen LogP contribution in [0, 0.1) is 0 Å². The second kappa shape index (κ2) is 5.29. The lowest BCUT2D eigenvalue weighted by molar-refractivity contribution is -0.129. The largest absolute Gasteiger partial charge is 0.349 e. The Morgan fingerprint density at radius 1 is 1.24 bits per heavy atom. The van der Waals surface area contributed by atoms with Gasteiger partial charge >= 0.3 is 8.69 Å². The third-order valence-corrected chi connectivity index (χ3v) is 4.91. The Balaban J connectivity index is 2.04. The van der Waals surface area contributed by atoms with Gasteiger partial charge in [-0.1, -0.05) is 0 Å². The third-order valence-electron chi connectivity index (χ3n) is 4.69. The highest BCUT2D eigenvalue weighted by Crippen LogP contribution is 2.47. The number of rotatable bonds is 6. The first kappa shape index (κ1) is 13.4. The van der Waals surface area contributed by atoms with Crippen LogP contribution in [0.4, 0.5) is 0 Å². The summed E-state index contributed by atoms with van der Waals surface area (Å²) in [5.41, 5.74) is 0.292. The molecule has 0 radical (unpaired) electrons. The Bertz CT molecular complexity index is 280. The number of likely N-dealkylation sites (N-methyl/N-ethyl adjacent to an activating group) is 1. The van der Waals surface area contributed by atoms with Crippen molar-refractivity contribution in [3.05, 3.63) is 0 Å². The van der Waals surface area contributed by atoms with Crippen molar-refractivity contribution in [2.24, 2.45) is 0 Å². The van der Waals surface area contributed by atoms with E-state index in [-0.39, 0.29) is 32.7 Å². The van der Waals surface area contributed by atoms with Gasteiger partial charge in [0.15, 0.2) is 6.79 Å². The average Bonchev–Trinajstić information content (AvgIpc) is 2.40. The van der Waals surface area contributed by atoms with E-state index in [1.807, 2.05) is 14.1 Å². The smallest absolute Gasteiger partial charge is 0.329 e. The monoisotopic (exact) mass is 260 g/mol. The van der Waals surface area contributed by atoms with Crippen LogP contribution in [-0.4, -0.2) is 38.1 Å². The molecule has 1 unspecified atom stereocenters. The maximum atomic E-state index is 10.2. The molecule has 17 heavy (non-hydrogen) atoms. The second-order valence-electron chi connectivity index (χ2n) is 5.12. The SMILES string of the molecule is CNC12CCC(NC)(CC1)C(OCOP=O)C2. The molecule has 0 aromatic carbocycles. The first-order chi connectivity index (χ1) is 8.20. The fourth-order valence-corrected chi connectivity index (χ4v) is 3.47. The molecule has 2 N–H and O–H groups in total. The lowest BCUT2D eigenvalue weighted by Crippen LogP contribution is -2.68. The zero-order chi connectivity index (χ0) is 12.4. The topological polar surface area (TPSA) is 59.6 Å². The molecule has 1 atom stereocenters. The number of hydrogen-bond donors (Lipinski definition) is 2. The Hall–Kier alpha value is -0.0600. The Kier molecular flexibility index (Phi) is 4.16. The number of ether oxygens (including phenoxy) is 1. The molecule has 5 nitrogen and oxygen atoms in total. The quantitative estimate of drug-likeness (QED) is 0.430. The van der Waals surface area contributed by atoms with Crippen LogP contribution in [0.2, 0.25) is 0 Å². The number of hydrogen-bond acceptors (Lipinski definition) is 5. The zero-order valence-corrected chi connectivity index (χ0v) is 11.4. The van der Waals surface area contributed by atoms with Gasteiger partial charge in [-0.05, 0) is 46.2 Å². The van der Waals surface area contributed by atoms with Gasteiger partial charge in [-0.3, -0.25) is 4.52 Å². The Labute approximate surface area is 104 Å². The summed E-state index contributed by atoms with van der Waals surface area (Å²) in [5.74, 6) is 0. The predicted molar refractivity (Wildman–Crippen MR) is 65.1 cm³/mol.